The van der Waals surface area contributed by atoms with Gasteiger partial charge in [-0.1, -0.05) is 48.2 Å². The summed E-state index contributed by atoms with van der Waals surface area (Å²) in [5, 5.41) is 20.4. The molecule has 1 aliphatic rings. The van der Waals surface area contributed by atoms with E-state index in [0.29, 0.717) is 33.8 Å². The molecule has 2 amide bonds. The van der Waals surface area contributed by atoms with E-state index in [1.807, 2.05) is 88.8 Å². The van der Waals surface area contributed by atoms with E-state index in [4.69, 9.17) is 19.3 Å². The predicted octanol–water partition coefficient (Wildman–Crippen LogP) is 5.75. The number of nitrogens with zero attached hydrogens (tertiary/aromatic N) is 5. The summed E-state index contributed by atoms with van der Waals surface area (Å²) in [7, 11) is 4.79. The second-order valence-electron chi connectivity index (χ2n) is 10.3. The van der Waals surface area contributed by atoms with Gasteiger partial charge in [0.2, 0.25) is 0 Å². The van der Waals surface area contributed by atoms with Gasteiger partial charge in [-0.15, -0.1) is 21.5 Å². The highest BCUT2D eigenvalue weighted by atomic mass is 32.2. The third-order valence-electron chi connectivity index (χ3n) is 7.57. The highest BCUT2D eigenvalue weighted by Gasteiger charge is 2.36. The lowest BCUT2D eigenvalue weighted by molar-refractivity contribution is -0.130. The fourth-order valence-electron chi connectivity index (χ4n) is 5.31. The van der Waals surface area contributed by atoms with E-state index in [1.165, 1.54) is 28.1 Å². The van der Waals surface area contributed by atoms with E-state index in [9.17, 15) is 9.59 Å². The van der Waals surface area contributed by atoms with Gasteiger partial charge in [0.15, 0.2) is 22.5 Å². The molecule has 0 spiro atoms. The van der Waals surface area contributed by atoms with Crippen LogP contribution >= 0.6 is 23.1 Å². The number of carbonyl (C=O) groups is 2. The molecular weight excluding hydrogens is 637 g/mol. The number of hydrazone groups is 1. The maximum absolute atomic E-state index is 14.0. The second kappa shape index (κ2) is 14.5. The van der Waals surface area contributed by atoms with Crippen LogP contribution in [0.2, 0.25) is 0 Å². The first-order valence-electron chi connectivity index (χ1n) is 14.7. The van der Waals surface area contributed by atoms with Gasteiger partial charge in [0.1, 0.15) is 5.75 Å². The van der Waals surface area contributed by atoms with E-state index in [-0.39, 0.29) is 24.1 Å². The first kappa shape index (κ1) is 31.8. The number of methoxy groups -OCH3 is 3. The van der Waals surface area contributed by atoms with Crippen LogP contribution in [0.4, 0.5) is 0 Å². The van der Waals surface area contributed by atoms with Crippen LogP contribution in [0.5, 0.6) is 17.2 Å². The zero-order chi connectivity index (χ0) is 32.8. The monoisotopic (exact) mass is 668 g/mol. The lowest BCUT2D eigenvalue weighted by Crippen LogP contribution is -2.29. The van der Waals surface area contributed by atoms with Crippen LogP contribution < -0.4 is 19.5 Å². The Bertz CT molecular complexity index is 1880. The smallest absolute Gasteiger partial charge is 0.261 e. The van der Waals surface area contributed by atoms with Gasteiger partial charge in [0, 0.05) is 17.7 Å². The van der Waals surface area contributed by atoms with Gasteiger partial charge in [-0.05, 0) is 59.5 Å². The summed E-state index contributed by atoms with van der Waals surface area (Å²) in [5.74, 6) is 2.02. The molecule has 3 aromatic carbocycles. The number of ether oxygens (including phenoxy) is 3. The predicted molar refractivity (Wildman–Crippen MR) is 181 cm³/mol. The molecule has 0 bridgehead atoms. The van der Waals surface area contributed by atoms with Crippen LogP contribution in [0.25, 0.3) is 5.69 Å². The molecule has 0 aliphatic carbocycles. The lowest BCUT2D eigenvalue weighted by atomic mass is 9.97. The molecule has 0 saturated carbocycles. The number of thioether (sulfide) groups is 1. The van der Waals surface area contributed by atoms with Crippen LogP contribution in [0.15, 0.2) is 101 Å². The van der Waals surface area contributed by atoms with Gasteiger partial charge < -0.3 is 19.5 Å². The van der Waals surface area contributed by atoms with Crippen molar-refractivity contribution in [2.24, 2.45) is 5.10 Å². The van der Waals surface area contributed by atoms with Gasteiger partial charge in [0.25, 0.3) is 11.8 Å². The average molecular weight is 669 g/mol. The van der Waals surface area contributed by atoms with Crippen LogP contribution in [-0.4, -0.2) is 64.4 Å². The summed E-state index contributed by atoms with van der Waals surface area (Å²) in [6, 6.07) is 26.0. The molecule has 0 saturated heterocycles. The number of para-hydroxylation sites is 2. The molecule has 11 nitrogen and oxygen atoms in total. The van der Waals surface area contributed by atoms with Crippen molar-refractivity contribution in [1.82, 2.24) is 25.1 Å². The lowest BCUT2D eigenvalue weighted by Gasteiger charge is -2.24. The van der Waals surface area contributed by atoms with Crippen molar-refractivity contribution in [2.75, 3.05) is 27.1 Å². The fourth-order valence-corrected chi connectivity index (χ4v) is 6.77. The molecule has 0 radical (unpaired) electrons. The third-order valence-corrected chi connectivity index (χ3v) is 9.36. The van der Waals surface area contributed by atoms with Crippen LogP contribution in [-0.2, 0) is 11.3 Å². The maximum atomic E-state index is 14.0. The Hall–Kier alpha value is -5.14. The van der Waals surface area contributed by atoms with Crippen molar-refractivity contribution in [2.45, 2.75) is 24.2 Å². The van der Waals surface area contributed by atoms with Crippen molar-refractivity contribution < 1.29 is 23.8 Å². The number of nitrogens with one attached hydrogen (secondary N) is 1. The molecule has 0 unspecified atom stereocenters. The van der Waals surface area contributed by atoms with Crippen LogP contribution in [0, 0.1) is 0 Å². The topological polar surface area (TPSA) is 120 Å². The first-order valence-corrected chi connectivity index (χ1v) is 16.6. The van der Waals surface area contributed by atoms with Crippen molar-refractivity contribution in [3.63, 3.8) is 0 Å². The third kappa shape index (κ3) is 6.86. The normalized spacial score (nSPS) is 14.1. The first-order chi connectivity index (χ1) is 23.0. The molecule has 3 heterocycles. The quantitative estimate of drug-likeness (QED) is 0.167. The summed E-state index contributed by atoms with van der Waals surface area (Å²) >= 11 is 2.62. The maximum Gasteiger partial charge on any atom is 0.261 e. The van der Waals surface area contributed by atoms with E-state index >= 15 is 0 Å². The standard InChI is InChI=1S/C34H32N6O5S2/c1-43-24-16-14-22(15-17-24)26-19-27(25-11-7-12-28(44-2)32(25)45-3)40(38-26)31(41)21-47-34-37-36-30(39(34)23-9-5-4-6-10-23)20-35-33(42)29-13-8-18-46-29/h4-18,27H,19-21H2,1-3H3,(H,35,42)/t27-/m0/s1. The highest BCUT2D eigenvalue weighted by Crippen LogP contribution is 2.42. The molecule has 240 valence electrons. The van der Waals surface area contributed by atoms with Crippen molar-refractivity contribution >= 4 is 40.6 Å². The minimum Gasteiger partial charge on any atom is -0.497 e. The minimum absolute atomic E-state index is 0.0364. The van der Waals surface area contributed by atoms with Gasteiger partial charge in [-0.25, -0.2) is 5.01 Å². The fraction of sp³-hybridized carbons (Fsp3) is 0.206. The number of rotatable bonds is 12. The van der Waals surface area contributed by atoms with E-state index in [1.54, 1.807) is 27.4 Å². The van der Waals surface area contributed by atoms with Crippen molar-refractivity contribution in [3.8, 4) is 22.9 Å². The SMILES string of the molecule is COc1ccc(C2=NN(C(=O)CSc3nnc(CNC(=O)c4cccs4)n3-c3ccccc3)[C@H](c3cccc(OC)c3OC)C2)cc1. The number of aromatic nitrogens is 3. The molecular formula is C34H32N6O5S2. The molecule has 1 atom stereocenters. The number of carbonyl (C=O) groups excluding carboxylic acids is 2. The van der Waals surface area contributed by atoms with Crippen LogP contribution in [0.1, 0.15) is 39.1 Å². The van der Waals surface area contributed by atoms with Crippen LogP contribution in [0.3, 0.4) is 0 Å². The molecule has 5 aromatic rings. The summed E-state index contributed by atoms with van der Waals surface area (Å²) in [5.41, 5.74) is 3.25. The number of thiophene rings is 1. The largest absolute Gasteiger partial charge is 0.497 e. The zero-order valence-electron chi connectivity index (χ0n) is 26.0. The number of amides is 2. The Kier molecular flexibility index (Phi) is 9.83. The van der Waals surface area contributed by atoms with Crippen molar-refractivity contribution in [3.05, 3.63) is 112 Å². The Labute approximate surface area is 280 Å². The van der Waals surface area contributed by atoms with Gasteiger partial charge in [-0.3, -0.25) is 14.2 Å². The minimum atomic E-state index is -0.430. The molecule has 6 rings (SSSR count). The molecule has 0 fully saturated rings. The number of benzene rings is 3. The number of hydrogen-bond acceptors (Lipinski definition) is 10. The Morgan fingerprint density at radius 2 is 1.72 bits per heavy atom. The van der Waals surface area contributed by atoms with Gasteiger partial charge in [0.05, 0.1) is 50.3 Å². The van der Waals surface area contributed by atoms with Crippen molar-refractivity contribution in [1.29, 1.82) is 0 Å². The molecule has 1 aliphatic heterocycles. The summed E-state index contributed by atoms with van der Waals surface area (Å²) in [6.45, 7) is 0.159. The summed E-state index contributed by atoms with van der Waals surface area (Å²) in [6.07, 6.45) is 0.473. The van der Waals surface area contributed by atoms with E-state index < -0.39 is 6.04 Å². The second-order valence-corrected chi connectivity index (χ2v) is 12.2. The van der Waals surface area contributed by atoms with E-state index in [0.717, 1.165) is 28.3 Å². The highest BCUT2D eigenvalue weighted by molar-refractivity contribution is 7.99. The summed E-state index contributed by atoms with van der Waals surface area (Å²) in [4.78, 5) is 27.3. The summed E-state index contributed by atoms with van der Waals surface area (Å²) < 4.78 is 18.5. The molecule has 47 heavy (non-hydrogen) atoms. The Morgan fingerprint density at radius 1 is 0.915 bits per heavy atom. The number of hydrogen-bond donors (Lipinski definition) is 1. The zero-order valence-corrected chi connectivity index (χ0v) is 27.6. The Balaban J connectivity index is 1.27. The van der Waals surface area contributed by atoms with E-state index in [2.05, 4.69) is 15.5 Å². The average Bonchev–Trinajstić information content (AvgIpc) is 3.90. The molecule has 13 heteroatoms. The molecule has 2 aromatic heterocycles. The van der Waals surface area contributed by atoms with Gasteiger partial charge in [-0.2, -0.15) is 5.10 Å². The molecule has 1 N–H and O–H groups in total. The Morgan fingerprint density at radius 3 is 2.43 bits per heavy atom. The van der Waals surface area contributed by atoms with Gasteiger partial charge >= 0.3 is 0 Å².